The third kappa shape index (κ3) is 3.95. The molecule has 2 rings (SSSR count). The minimum absolute atomic E-state index is 0.0120. The second-order valence-corrected chi connectivity index (χ2v) is 7.53. The summed E-state index contributed by atoms with van der Waals surface area (Å²) in [5, 5.41) is 0. The van der Waals surface area contributed by atoms with Crippen molar-refractivity contribution in [1.29, 1.82) is 0 Å². The highest BCUT2D eigenvalue weighted by atomic mass is 35.5. The predicted molar refractivity (Wildman–Crippen MR) is 91.5 cm³/mol. The molecule has 0 saturated carbocycles. The second kappa shape index (κ2) is 6.32. The molecule has 2 aromatic rings. The van der Waals surface area contributed by atoms with Gasteiger partial charge >= 0.3 is 0 Å². The Kier molecular flexibility index (Phi) is 4.89. The average Bonchev–Trinajstić information content (AvgIpc) is 2.82. The Balaban J connectivity index is 2.32. The summed E-state index contributed by atoms with van der Waals surface area (Å²) in [5.74, 6) is 1.47. The van der Waals surface area contributed by atoms with E-state index in [1.165, 1.54) is 4.88 Å². The maximum Gasteiger partial charge on any atom is 0.129 e. The van der Waals surface area contributed by atoms with Gasteiger partial charge in [-0.3, -0.25) is 0 Å². The Hall–Kier alpha value is -1.13. The molecule has 0 aliphatic rings. The molecule has 21 heavy (non-hydrogen) atoms. The van der Waals surface area contributed by atoms with E-state index in [2.05, 4.69) is 49.8 Å². The molecule has 2 aromatic heterocycles. The lowest BCUT2D eigenvalue weighted by atomic mass is 9.91. The lowest BCUT2D eigenvalue weighted by molar-refractivity contribution is 0.567. The molecule has 0 amide bonds. The summed E-state index contributed by atoms with van der Waals surface area (Å²) in [6, 6.07) is 4.17. The first-order valence-electron chi connectivity index (χ1n) is 6.98. The van der Waals surface area contributed by atoms with Crippen LogP contribution in [0.25, 0.3) is 0 Å². The molecule has 0 bridgehead atoms. The maximum absolute atomic E-state index is 6.04. The summed E-state index contributed by atoms with van der Waals surface area (Å²) in [4.78, 5) is 12.5. The SMILES string of the molecule is Cc1ncsc1CN(C)c1cc(CCl)cc(C(C)(C)C)n1. The Bertz CT molecular complexity index is 616. The van der Waals surface area contributed by atoms with Crippen LogP contribution in [0.2, 0.25) is 0 Å². The highest BCUT2D eigenvalue weighted by Crippen LogP contribution is 2.26. The van der Waals surface area contributed by atoms with Crippen LogP contribution in [0.15, 0.2) is 17.6 Å². The third-order valence-corrected chi connectivity index (χ3v) is 4.64. The zero-order valence-electron chi connectivity index (χ0n) is 13.3. The predicted octanol–water partition coefficient (Wildman–Crippen LogP) is 4.52. The molecule has 3 nitrogen and oxygen atoms in total. The van der Waals surface area contributed by atoms with Gasteiger partial charge in [-0.2, -0.15) is 0 Å². The first-order valence-corrected chi connectivity index (χ1v) is 8.40. The van der Waals surface area contributed by atoms with E-state index in [4.69, 9.17) is 16.6 Å². The van der Waals surface area contributed by atoms with Gasteiger partial charge in [-0.05, 0) is 24.6 Å². The molecule has 0 fully saturated rings. The number of aromatic nitrogens is 2. The van der Waals surface area contributed by atoms with Crippen LogP contribution in [0.4, 0.5) is 5.82 Å². The van der Waals surface area contributed by atoms with Gasteiger partial charge in [0.05, 0.1) is 17.7 Å². The highest BCUT2D eigenvalue weighted by Gasteiger charge is 2.18. The number of nitrogens with zero attached hydrogens (tertiary/aromatic N) is 3. The zero-order chi connectivity index (χ0) is 15.6. The molecular formula is C16H22ClN3S. The highest BCUT2D eigenvalue weighted by molar-refractivity contribution is 7.09. The van der Waals surface area contributed by atoms with Gasteiger partial charge in [0.2, 0.25) is 0 Å². The summed E-state index contributed by atoms with van der Waals surface area (Å²) in [7, 11) is 2.06. The van der Waals surface area contributed by atoms with E-state index in [1.807, 2.05) is 12.4 Å². The van der Waals surface area contributed by atoms with Crippen LogP contribution in [-0.2, 0) is 17.8 Å². The average molecular weight is 324 g/mol. The van der Waals surface area contributed by atoms with Crippen LogP contribution >= 0.6 is 22.9 Å². The van der Waals surface area contributed by atoms with Gasteiger partial charge in [0.15, 0.2) is 0 Å². The van der Waals surface area contributed by atoms with E-state index < -0.39 is 0 Å². The van der Waals surface area contributed by atoms with Crippen molar-refractivity contribution in [3.05, 3.63) is 39.5 Å². The lowest BCUT2D eigenvalue weighted by Gasteiger charge is -2.24. The van der Waals surface area contributed by atoms with Crippen molar-refractivity contribution in [3.63, 3.8) is 0 Å². The Morgan fingerprint density at radius 1 is 1.29 bits per heavy atom. The van der Waals surface area contributed by atoms with Crippen molar-refractivity contribution in [2.45, 2.75) is 45.5 Å². The Morgan fingerprint density at radius 3 is 2.52 bits per heavy atom. The number of hydrogen-bond acceptors (Lipinski definition) is 4. The molecule has 0 radical (unpaired) electrons. The van der Waals surface area contributed by atoms with Crippen molar-refractivity contribution in [3.8, 4) is 0 Å². The summed E-state index contributed by atoms with van der Waals surface area (Å²) < 4.78 is 0. The van der Waals surface area contributed by atoms with Crippen molar-refractivity contribution in [2.75, 3.05) is 11.9 Å². The quantitative estimate of drug-likeness (QED) is 0.775. The summed E-state index contributed by atoms with van der Waals surface area (Å²) in [6.07, 6.45) is 0. The van der Waals surface area contributed by atoms with Crippen LogP contribution in [0.3, 0.4) is 0 Å². The van der Waals surface area contributed by atoms with Crippen molar-refractivity contribution < 1.29 is 0 Å². The largest absolute Gasteiger partial charge is 0.354 e. The Morgan fingerprint density at radius 2 is 2.00 bits per heavy atom. The number of aryl methyl sites for hydroxylation is 1. The van der Waals surface area contributed by atoms with Gasteiger partial charge in [-0.15, -0.1) is 22.9 Å². The monoisotopic (exact) mass is 323 g/mol. The van der Waals surface area contributed by atoms with Crippen LogP contribution in [0.1, 0.15) is 42.6 Å². The van der Waals surface area contributed by atoms with E-state index in [-0.39, 0.29) is 5.41 Å². The summed E-state index contributed by atoms with van der Waals surface area (Å²) in [5.41, 5.74) is 5.18. The second-order valence-electron chi connectivity index (χ2n) is 6.32. The molecule has 0 spiro atoms. The van der Waals surface area contributed by atoms with Crippen LogP contribution in [0, 0.1) is 6.92 Å². The molecule has 0 saturated heterocycles. The number of anilines is 1. The topological polar surface area (TPSA) is 29.0 Å². The lowest BCUT2D eigenvalue weighted by Crippen LogP contribution is -2.21. The normalized spacial score (nSPS) is 11.7. The summed E-state index contributed by atoms with van der Waals surface area (Å²) in [6.45, 7) is 9.38. The van der Waals surface area contributed by atoms with Crippen LogP contribution < -0.4 is 4.90 Å². The number of halogens is 1. The third-order valence-electron chi connectivity index (χ3n) is 3.41. The summed E-state index contributed by atoms with van der Waals surface area (Å²) >= 11 is 7.72. The fourth-order valence-corrected chi connectivity index (χ4v) is 2.99. The van der Waals surface area contributed by atoms with E-state index in [9.17, 15) is 0 Å². The van der Waals surface area contributed by atoms with Gasteiger partial charge in [0.1, 0.15) is 5.82 Å². The minimum Gasteiger partial charge on any atom is -0.354 e. The van der Waals surface area contributed by atoms with Crippen LogP contribution in [0.5, 0.6) is 0 Å². The smallest absolute Gasteiger partial charge is 0.129 e. The van der Waals surface area contributed by atoms with Gasteiger partial charge in [-0.1, -0.05) is 20.8 Å². The number of thiazole rings is 1. The molecule has 0 unspecified atom stereocenters. The fourth-order valence-electron chi connectivity index (χ4n) is 2.00. The van der Waals surface area contributed by atoms with E-state index in [0.29, 0.717) is 5.88 Å². The molecule has 0 aliphatic carbocycles. The first-order chi connectivity index (χ1) is 9.81. The number of pyridine rings is 1. The van der Waals surface area contributed by atoms with Gasteiger partial charge in [0, 0.05) is 28.9 Å². The van der Waals surface area contributed by atoms with Gasteiger partial charge in [-0.25, -0.2) is 9.97 Å². The molecule has 0 aromatic carbocycles. The standard InChI is InChI=1S/C16H22ClN3S/c1-11-13(21-10-18-11)9-20(5)15-7-12(8-17)6-14(19-15)16(2,3)4/h6-7,10H,8-9H2,1-5H3. The molecule has 0 aliphatic heterocycles. The Labute approximate surface area is 136 Å². The molecule has 0 atom stereocenters. The zero-order valence-corrected chi connectivity index (χ0v) is 14.8. The molecule has 114 valence electrons. The van der Waals surface area contributed by atoms with Gasteiger partial charge in [0.25, 0.3) is 0 Å². The maximum atomic E-state index is 6.04. The van der Waals surface area contributed by atoms with Gasteiger partial charge < -0.3 is 4.90 Å². The molecular weight excluding hydrogens is 302 g/mol. The van der Waals surface area contributed by atoms with E-state index >= 15 is 0 Å². The first kappa shape index (κ1) is 16.2. The molecule has 2 heterocycles. The fraction of sp³-hybridized carbons (Fsp3) is 0.500. The minimum atomic E-state index is 0.0120. The number of alkyl halides is 1. The number of hydrogen-bond donors (Lipinski definition) is 0. The van der Waals surface area contributed by atoms with Crippen LogP contribution in [-0.4, -0.2) is 17.0 Å². The van der Waals surface area contributed by atoms with Crippen molar-refractivity contribution >= 4 is 28.8 Å². The van der Waals surface area contributed by atoms with E-state index in [1.54, 1.807) is 11.3 Å². The molecule has 0 N–H and O–H groups in total. The van der Waals surface area contributed by atoms with Crippen molar-refractivity contribution in [1.82, 2.24) is 9.97 Å². The number of rotatable bonds is 4. The van der Waals surface area contributed by atoms with Crippen molar-refractivity contribution in [2.24, 2.45) is 0 Å². The molecule has 5 heteroatoms. The van der Waals surface area contributed by atoms with E-state index in [0.717, 1.165) is 29.3 Å².